The zero-order valence-electron chi connectivity index (χ0n) is 17.1. The van der Waals surface area contributed by atoms with Crippen LogP contribution < -0.4 is 5.32 Å². The van der Waals surface area contributed by atoms with Gasteiger partial charge in [0.25, 0.3) is 0 Å². The van der Waals surface area contributed by atoms with E-state index in [9.17, 15) is 13.2 Å². The molecule has 0 unspecified atom stereocenters. The van der Waals surface area contributed by atoms with Crippen LogP contribution in [0.5, 0.6) is 0 Å². The number of anilines is 1. The zero-order chi connectivity index (χ0) is 22.3. The Morgan fingerprint density at radius 2 is 1.78 bits per heavy atom. The Morgan fingerprint density at radius 1 is 1.03 bits per heavy atom. The summed E-state index contributed by atoms with van der Waals surface area (Å²) < 4.78 is 29.2. The lowest BCUT2D eigenvalue weighted by molar-refractivity contribution is -0.116. The fraction of sp³-hybridized carbons (Fsp3) is 0.0833. The number of benzene rings is 3. The Balaban J connectivity index is 1.47. The number of aryl methyl sites for hydroxylation is 1. The van der Waals surface area contributed by atoms with E-state index in [1.54, 1.807) is 47.0 Å². The molecule has 0 aliphatic carbocycles. The summed E-state index contributed by atoms with van der Waals surface area (Å²) in [6.45, 7) is 1.98. The average molecular weight is 462 g/mol. The van der Waals surface area contributed by atoms with Crippen molar-refractivity contribution >= 4 is 53.3 Å². The Labute approximate surface area is 189 Å². The highest BCUT2D eigenvalue weighted by Gasteiger charge is 2.23. The largest absolute Gasteiger partial charge is 0.337 e. The number of rotatable bonds is 5. The van der Waals surface area contributed by atoms with Crippen LogP contribution in [0.25, 0.3) is 21.1 Å². The maximum absolute atomic E-state index is 13.2. The maximum Gasteiger partial charge on any atom is 0.246 e. The summed E-state index contributed by atoms with van der Waals surface area (Å²) in [7, 11) is -3.72. The van der Waals surface area contributed by atoms with Gasteiger partial charge in [0.1, 0.15) is 6.54 Å². The molecule has 0 aliphatic heterocycles. The highest BCUT2D eigenvalue weighted by atomic mass is 32.2. The van der Waals surface area contributed by atoms with Crippen molar-refractivity contribution in [2.45, 2.75) is 23.3 Å². The second-order valence-electron chi connectivity index (χ2n) is 7.49. The van der Waals surface area contributed by atoms with Crippen molar-refractivity contribution in [3.63, 3.8) is 0 Å². The molecule has 3 aromatic carbocycles. The fourth-order valence-electron chi connectivity index (χ4n) is 3.68. The third-order valence-electron chi connectivity index (χ3n) is 5.20. The average Bonchev–Trinajstić information content (AvgIpc) is 3.35. The van der Waals surface area contributed by atoms with Gasteiger partial charge >= 0.3 is 0 Å². The van der Waals surface area contributed by atoms with Crippen LogP contribution in [-0.2, 0) is 21.2 Å². The smallest absolute Gasteiger partial charge is 0.246 e. The SMILES string of the molecule is Cc1ccc2nc(NC(=O)Cn3cc(S(=O)(=O)c4ccccc4)c4ccccc43)sc2c1. The minimum atomic E-state index is -3.72. The molecule has 5 rings (SSSR count). The molecule has 0 radical (unpaired) electrons. The number of thiazole rings is 1. The van der Waals surface area contributed by atoms with Crippen LogP contribution in [0.1, 0.15) is 5.56 Å². The Hall–Kier alpha value is -3.49. The number of hydrogen-bond acceptors (Lipinski definition) is 5. The van der Waals surface area contributed by atoms with Gasteiger partial charge in [-0.25, -0.2) is 13.4 Å². The number of aromatic nitrogens is 2. The van der Waals surface area contributed by atoms with Crippen molar-refractivity contribution < 1.29 is 13.2 Å². The van der Waals surface area contributed by atoms with E-state index in [1.165, 1.54) is 17.5 Å². The first-order valence-electron chi connectivity index (χ1n) is 9.97. The summed E-state index contributed by atoms with van der Waals surface area (Å²) in [5, 5.41) is 3.94. The van der Waals surface area contributed by atoms with Gasteiger partial charge in [-0.05, 0) is 42.8 Å². The molecule has 32 heavy (non-hydrogen) atoms. The summed E-state index contributed by atoms with van der Waals surface area (Å²) in [4.78, 5) is 17.6. The number of para-hydroxylation sites is 1. The van der Waals surface area contributed by atoms with Gasteiger partial charge in [-0.1, -0.05) is 53.8 Å². The molecule has 8 heteroatoms. The highest BCUT2D eigenvalue weighted by Crippen LogP contribution is 2.31. The predicted octanol–water partition coefficient (Wildman–Crippen LogP) is 5.03. The number of hydrogen-bond donors (Lipinski definition) is 1. The van der Waals surface area contributed by atoms with Crippen LogP contribution in [0, 0.1) is 6.92 Å². The molecule has 0 saturated carbocycles. The van der Waals surface area contributed by atoms with E-state index in [-0.39, 0.29) is 22.2 Å². The normalized spacial score (nSPS) is 11.8. The van der Waals surface area contributed by atoms with Gasteiger partial charge in [0, 0.05) is 17.1 Å². The fourth-order valence-corrected chi connectivity index (χ4v) is 6.16. The van der Waals surface area contributed by atoms with E-state index in [1.807, 2.05) is 37.3 Å². The third-order valence-corrected chi connectivity index (χ3v) is 7.93. The van der Waals surface area contributed by atoms with Crippen LogP contribution in [0.2, 0.25) is 0 Å². The number of fused-ring (bicyclic) bond motifs is 2. The number of amides is 1. The standard InChI is InChI=1S/C24H19N3O3S2/c1-16-11-12-19-21(13-16)31-24(25-19)26-23(28)15-27-14-22(18-9-5-6-10-20(18)27)32(29,30)17-7-3-2-4-8-17/h2-14H,15H2,1H3,(H,25,26,28). The number of carbonyl (C=O) groups is 1. The zero-order valence-corrected chi connectivity index (χ0v) is 18.8. The van der Waals surface area contributed by atoms with Gasteiger partial charge in [0.2, 0.25) is 15.7 Å². The molecule has 0 atom stereocenters. The van der Waals surface area contributed by atoms with Crippen LogP contribution in [-0.4, -0.2) is 23.9 Å². The summed E-state index contributed by atoms with van der Waals surface area (Å²) >= 11 is 1.41. The van der Waals surface area contributed by atoms with Crippen molar-refractivity contribution in [1.29, 1.82) is 0 Å². The lowest BCUT2D eigenvalue weighted by Gasteiger charge is -2.05. The topological polar surface area (TPSA) is 81.1 Å². The van der Waals surface area contributed by atoms with Crippen molar-refractivity contribution in [3.8, 4) is 0 Å². The maximum atomic E-state index is 13.2. The first-order valence-corrected chi connectivity index (χ1v) is 12.3. The van der Waals surface area contributed by atoms with Gasteiger partial charge in [0.15, 0.2) is 5.13 Å². The Kier molecular flexibility index (Phi) is 5.03. The van der Waals surface area contributed by atoms with Gasteiger partial charge < -0.3 is 9.88 Å². The van der Waals surface area contributed by atoms with Crippen molar-refractivity contribution in [3.05, 3.63) is 84.6 Å². The van der Waals surface area contributed by atoms with Crippen LogP contribution in [0.3, 0.4) is 0 Å². The molecule has 0 saturated heterocycles. The minimum absolute atomic E-state index is 0.0280. The summed E-state index contributed by atoms with van der Waals surface area (Å²) in [5.41, 5.74) is 2.64. The third kappa shape index (κ3) is 3.68. The second-order valence-corrected chi connectivity index (χ2v) is 10.4. The first-order chi connectivity index (χ1) is 15.4. The number of nitrogens with one attached hydrogen (secondary N) is 1. The lowest BCUT2D eigenvalue weighted by Crippen LogP contribution is -2.18. The van der Waals surface area contributed by atoms with E-state index in [0.29, 0.717) is 16.0 Å². The quantitative estimate of drug-likeness (QED) is 0.398. The molecule has 6 nitrogen and oxygen atoms in total. The van der Waals surface area contributed by atoms with E-state index in [0.717, 1.165) is 15.8 Å². The molecular weight excluding hydrogens is 442 g/mol. The van der Waals surface area contributed by atoms with E-state index in [4.69, 9.17) is 0 Å². The molecule has 0 spiro atoms. The number of nitrogens with zero attached hydrogens (tertiary/aromatic N) is 2. The molecule has 0 aliphatic rings. The molecule has 1 N–H and O–H groups in total. The molecule has 1 amide bonds. The summed E-state index contributed by atoms with van der Waals surface area (Å²) in [6.07, 6.45) is 1.54. The first kappa shape index (κ1) is 20.4. The van der Waals surface area contributed by atoms with Crippen LogP contribution >= 0.6 is 11.3 Å². The Morgan fingerprint density at radius 3 is 2.59 bits per heavy atom. The molecule has 2 heterocycles. The molecule has 160 valence electrons. The molecule has 0 fully saturated rings. The van der Waals surface area contributed by atoms with Crippen molar-refractivity contribution in [2.24, 2.45) is 0 Å². The van der Waals surface area contributed by atoms with Crippen molar-refractivity contribution in [2.75, 3.05) is 5.32 Å². The minimum Gasteiger partial charge on any atom is -0.337 e. The number of sulfone groups is 1. The van der Waals surface area contributed by atoms with E-state index < -0.39 is 9.84 Å². The summed E-state index contributed by atoms with van der Waals surface area (Å²) in [6, 6.07) is 21.4. The predicted molar refractivity (Wildman–Crippen MR) is 127 cm³/mol. The highest BCUT2D eigenvalue weighted by molar-refractivity contribution is 7.91. The lowest BCUT2D eigenvalue weighted by atomic mass is 10.2. The van der Waals surface area contributed by atoms with E-state index in [2.05, 4.69) is 10.3 Å². The van der Waals surface area contributed by atoms with Gasteiger partial charge in [-0.2, -0.15) is 0 Å². The molecular formula is C24H19N3O3S2. The van der Waals surface area contributed by atoms with Crippen molar-refractivity contribution in [1.82, 2.24) is 9.55 Å². The van der Waals surface area contributed by atoms with Crippen LogP contribution in [0.15, 0.2) is 88.8 Å². The van der Waals surface area contributed by atoms with Gasteiger partial charge in [0.05, 0.1) is 20.0 Å². The monoisotopic (exact) mass is 461 g/mol. The molecule has 5 aromatic rings. The van der Waals surface area contributed by atoms with Gasteiger partial charge in [-0.3, -0.25) is 4.79 Å². The molecule has 2 aromatic heterocycles. The molecule has 0 bridgehead atoms. The van der Waals surface area contributed by atoms with Gasteiger partial charge in [-0.15, -0.1) is 0 Å². The Bertz CT molecular complexity index is 1570. The van der Waals surface area contributed by atoms with Crippen LogP contribution in [0.4, 0.5) is 5.13 Å². The second kappa shape index (κ2) is 7.89. The van der Waals surface area contributed by atoms with E-state index >= 15 is 0 Å². The number of carbonyl (C=O) groups excluding carboxylic acids is 1. The summed E-state index contributed by atoms with van der Waals surface area (Å²) in [5.74, 6) is -0.273.